The monoisotopic (exact) mass is 426 g/mol. The second kappa shape index (κ2) is 11.2. The molecule has 160 valence electrons. The summed E-state index contributed by atoms with van der Waals surface area (Å²) in [7, 11) is 0. The maximum absolute atomic E-state index is 13.4. The highest BCUT2D eigenvalue weighted by Crippen LogP contribution is 2.20. The first-order chi connectivity index (χ1) is 14.6. The number of carbonyl (C=O) groups is 2. The highest BCUT2D eigenvalue weighted by Gasteiger charge is 2.31. The third-order valence-corrected chi connectivity index (χ3v) is 6.04. The van der Waals surface area contributed by atoms with Gasteiger partial charge in [0.05, 0.1) is 0 Å². The molecule has 0 aliphatic heterocycles. The smallest absolute Gasteiger partial charge is 0.243 e. The molecule has 0 radical (unpaired) electrons. The van der Waals surface area contributed by atoms with Gasteiger partial charge < -0.3 is 10.2 Å². The van der Waals surface area contributed by atoms with Crippen LogP contribution >= 0.6 is 11.6 Å². The number of hydrogen-bond acceptors (Lipinski definition) is 2. The normalized spacial score (nSPS) is 15.4. The lowest BCUT2D eigenvalue weighted by atomic mass is 9.94. The van der Waals surface area contributed by atoms with Crippen LogP contribution in [0.1, 0.15) is 56.6 Å². The fraction of sp³-hybridized carbons (Fsp3) is 0.440. The largest absolute Gasteiger partial charge is 0.352 e. The number of halogens is 1. The number of nitrogens with one attached hydrogen (secondary N) is 1. The molecule has 1 aliphatic carbocycles. The Kier molecular flexibility index (Phi) is 8.32. The molecule has 2 aromatic carbocycles. The second-order valence-corrected chi connectivity index (χ2v) is 8.49. The molecule has 1 saturated carbocycles. The number of amides is 2. The summed E-state index contributed by atoms with van der Waals surface area (Å²) in [5.74, 6) is -0.0776. The van der Waals surface area contributed by atoms with E-state index in [9.17, 15) is 9.59 Å². The van der Waals surface area contributed by atoms with E-state index in [1.807, 2.05) is 61.5 Å². The summed E-state index contributed by atoms with van der Waals surface area (Å²) in [5.41, 5.74) is 2.01. The van der Waals surface area contributed by atoms with Crippen LogP contribution in [0.5, 0.6) is 0 Å². The van der Waals surface area contributed by atoms with Crippen LogP contribution in [0.3, 0.4) is 0 Å². The quantitative estimate of drug-likeness (QED) is 0.635. The van der Waals surface area contributed by atoms with Gasteiger partial charge in [0.1, 0.15) is 6.04 Å². The fourth-order valence-electron chi connectivity index (χ4n) is 4.09. The van der Waals surface area contributed by atoms with Crippen molar-refractivity contribution >= 4 is 23.4 Å². The van der Waals surface area contributed by atoms with Gasteiger partial charge in [0, 0.05) is 30.5 Å². The van der Waals surface area contributed by atoms with Crippen LogP contribution in [0.2, 0.25) is 5.02 Å². The van der Waals surface area contributed by atoms with E-state index in [1.54, 1.807) is 4.90 Å². The van der Waals surface area contributed by atoms with Crippen molar-refractivity contribution in [2.45, 2.75) is 70.5 Å². The van der Waals surface area contributed by atoms with Gasteiger partial charge in [-0.3, -0.25) is 9.59 Å². The number of hydrogen-bond donors (Lipinski definition) is 1. The molecule has 2 aromatic rings. The summed E-state index contributed by atoms with van der Waals surface area (Å²) in [6.07, 6.45) is 6.42. The predicted molar refractivity (Wildman–Crippen MR) is 121 cm³/mol. The molecule has 0 bridgehead atoms. The third-order valence-electron chi connectivity index (χ3n) is 5.79. The van der Waals surface area contributed by atoms with Crippen molar-refractivity contribution in [1.82, 2.24) is 10.2 Å². The molecular formula is C25H31ClN2O2. The van der Waals surface area contributed by atoms with Gasteiger partial charge in [0.15, 0.2) is 0 Å². The molecule has 0 saturated heterocycles. The Morgan fingerprint density at radius 2 is 1.67 bits per heavy atom. The summed E-state index contributed by atoms with van der Waals surface area (Å²) in [6.45, 7) is 2.23. The molecule has 3 rings (SSSR count). The van der Waals surface area contributed by atoms with Gasteiger partial charge in [0.25, 0.3) is 0 Å². The van der Waals surface area contributed by atoms with Crippen molar-refractivity contribution in [3.63, 3.8) is 0 Å². The van der Waals surface area contributed by atoms with Gasteiger partial charge in [-0.1, -0.05) is 80.3 Å². The van der Waals surface area contributed by atoms with E-state index in [0.29, 0.717) is 24.4 Å². The number of rotatable bonds is 8. The van der Waals surface area contributed by atoms with E-state index in [-0.39, 0.29) is 17.9 Å². The summed E-state index contributed by atoms with van der Waals surface area (Å²) in [5, 5.41) is 3.90. The molecule has 0 aromatic heterocycles. The van der Waals surface area contributed by atoms with E-state index in [2.05, 4.69) is 5.32 Å². The Balaban J connectivity index is 1.85. The van der Waals surface area contributed by atoms with Crippen LogP contribution in [0.25, 0.3) is 0 Å². The molecular weight excluding hydrogens is 396 g/mol. The maximum Gasteiger partial charge on any atom is 0.243 e. The van der Waals surface area contributed by atoms with Crippen LogP contribution < -0.4 is 5.32 Å². The molecule has 0 heterocycles. The SMILES string of the molecule is CCC(=O)N(Cc1ccc(Cl)cc1)[C@@H](Cc1ccccc1)C(=O)NC1CCCCC1. The molecule has 1 N–H and O–H groups in total. The van der Waals surface area contributed by atoms with E-state index in [4.69, 9.17) is 11.6 Å². The lowest BCUT2D eigenvalue weighted by Crippen LogP contribution is -2.52. The van der Waals surface area contributed by atoms with E-state index in [1.165, 1.54) is 6.42 Å². The van der Waals surface area contributed by atoms with Gasteiger partial charge in [0.2, 0.25) is 11.8 Å². The average Bonchev–Trinajstić information content (AvgIpc) is 2.78. The maximum atomic E-state index is 13.4. The fourth-order valence-corrected chi connectivity index (χ4v) is 4.21. The van der Waals surface area contributed by atoms with Crippen molar-refractivity contribution < 1.29 is 9.59 Å². The lowest BCUT2D eigenvalue weighted by Gasteiger charge is -2.33. The topological polar surface area (TPSA) is 49.4 Å². The Labute approximate surface area is 184 Å². The summed E-state index contributed by atoms with van der Waals surface area (Å²) < 4.78 is 0. The Morgan fingerprint density at radius 1 is 1.00 bits per heavy atom. The molecule has 30 heavy (non-hydrogen) atoms. The summed E-state index contributed by atoms with van der Waals surface area (Å²) >= 11 is 6.02. The van der Waals surface area contributed by atoms with Gasteiger partial charge in [-0.15, -0.1) is 0 Å². The predicted octanol–water partition coefficient (Wildman–Crippen LogP) is 5.14. The Morgan fingerprint density at radius 3 is 2.30 bits per heavy atom. The Bertz CT molecular complexity index is 817. The van der Waals surface area contributed by atoms with Crippen LogP contribution in [-0.4, -0.2) is 28.8 Å². The highest BCUT2D eigenvalue weighted by atomic mass is 35.5. The zero-order valence-corrected chi connectivity index (χ0v) is 18.4. The minimum Gasteiger partial charge on any atom is -0.352 e. The first kappa shape index (κ1) is 22.4. The average molecular weight is 427 g/mol. The molecule has 1 atom stereocenters. The van der Waals surface area contributed by atoms with E-state index < -0.39 is 6.04 Å². The van der Waals surface area contributed by atoms with Crippen LogP contribution in [0, 0.1) is 0 Å². The summed E-state index contributed by atoms with van der Waals surface area (Å²) in [6, 6.07) is 17.1. The van der Waals surface area contributed by atoms with E-state index in [0.717, 1.165) is 36.8 Å². The van der Waals surface area contributed by atoms with Crippen LogP contribution in [0.4, 0.5) is 0 Å². The third kappa shape index (κ3) is 6.33. The van der Waals surface area contributed by atoms with Crippen molar-refractivity contribution in [2.24, 2.45) is 0 Å². The Hall–Kier alpha value is -2.33. The van der Waals surface area contributed by atoms with Crippen LogP contribution in [0.15, 0.2) is 54.6 Å². The summed E-state index contributed by atoms with van der Waals surface area (Å²) in [4.78, 5) is 28.1. The van der Waals surface area contributed by atoms with Gasteiger partial charge in [-0.25, -0.2) is 0 Å². The molecule has 1 fully saturated rings. The molecule has 5 heteroatoms. The molecule has 0 spiro atoms. The van der Waals surface area contributed by atoms with E-state index >= 15 is 0 Å². The van der Waals surface area contributed by atoms with Crippen molar-refractivity contribution in [3.8, 4) is 0 Å². The molecule has 4 nitrogen and oxygen atoms in total. The van der Waals surface area contributed by atoms with Gasteiger partial charge >= 0.3 is 0 Å². The minimum atomic E-state index is -0.544. The second-order valence-electron chi connectivity index (χ2n) is 8.05. The number of nitrogens with zero attached hydrogens (tertiary/aromatic N) is 1. The van der Waals surface area contributed by atoms with Crippen molar-refractivity contribution in [2.75, 3.05) is 0 Å². The van der Waals surface area contributed by atoms with Gasteiger partial charge in [-0.05, 0) is 36.1 Å². The first-order valence-electron chi connectivity index (χ1n) is 10.9. The molecule has 2 amide bonds. The highest BCUT2D eigenvalue weighted by molar-refractivity contribution is 6.30. The molecule has 0 unspecified atom stereocenters. The number of carbonyl (C=O) groups excluding carboxylic acids is 2. The standard InChI is InChI=1S/C25H31ClN2O2/c1-2-24(29)28(18-20-13-15-21(26)16-14-20)23(17-19-9-5-3-6-10-19)25(30)27-22-11-7-4-8-12-22/h3,5-6,9-10,13-16,22-23H,2,4,7-8,11-12,17-18H2,1H3,(H,27,30)/t23-/m0/s1. The van der Waals surface area contributed by atoms with Gasteiger partial charge in [-0.2, -0.15) is 0 Å². The van der Waals surface area contributed by atoms with Crippen molar-refractivity contribution in [3.05, 3.63) is 70.7 Å². The lowest BCUT2D eigenvalue weighted by molar-refractivity contribution is -0.141. The molecule has 1 aliphatic rings. The zero-order valence-electron chi connectivity index (χ0n) is 17.6. The first-order valence-corrected chi connectivity index (χ1v) is 11.3. The van der Waals surface area contributed by atoms with Crippen LogP contribution in [-0.2, 0) is 22.6 Å². The number of benzene rings is 2. The minimum absolute atomic E-state index is 0.0234. The van der Waals surface area contributed by atoms with Crippen molar-refractivity contribution in [1.29, 1.82) is 0 Å². The zero-order chi connectivity index (χ0) is 21.3.